The van der Waals surface area contributed by atoms with Crippen molar-refractivity contribution in [2.75, 3.05) is 0 Å². The molecular formula is C11H12ClN3O3S. The van der Waals surface area contributed by atoms with E-state index in [1.54, 1.807) is 0 Å². The first kappa shape index (κ1) is 15.4. The molecule has 1 aromatic rings. The van der Waals surface area contributed by atoms with Crippen LogP contribution < -0.4 is 10.5 Å². The number of primary amides is 1. The van der Waals surface area contributed by atoms with Crippen molar-refractivity contribution >= 4 is 27.5 Å². The molecule has 1 rings (SSSR count). The zero-order chi connectivity index (χ0) is 14.8. The van der Waals surface area contributed by atoms with Crippen molar-refractivity contribution in [3.63, 3.8) is 0 Å². The molecule has 6 nitrogen and oxygen atoms in total. The lowest BCUT2D eigenvalue weighted by Gasteiger charge is -2.22. The number of hydrogen-bond donors (Lipinski definition) is 2. The van der Waals surface area contributed by atoms with Gasteiger partial charge in [-0.25, -0.2) is 8.42 Å². The van der Waals surface area contributed by atoms with Gasteiger partial charge in [0.2, 0.25) is 15.9 Å². The summed E-state index contributed by atoms with van der Waals surface area (Å²) in [6.45, 7) is 2.66. The monoisotopic (exact) mass is 301 g/mol. The Balaban J connectivity index is 3.30. The van der Waals surface area contributed by atoms with E-state index < -0.39 is 21.5 Å². The molecule has 0 heterocycles. The number of rotatable bonds is 4. The summed E-state index contributed by atoms with van der Waals surface area (Å²) in [5, 5.41) is 8.71. The van der Waals surface area contributed by atoms with Crippen LogP contribution in [0.2, 0.25) is 5.02 Å². The average Bonchev–Trinajstić information content (AvgIpc) is 2.27. The van der Waals surface area contributed by atoms with E-state index in [2.05, 4.69) is 4.72 Å². The Morgan fingerprint density at radius 1 is 1.47 bits per heavy atom. The molecule has 0 aliphatic rings. The fourth-order valence-corrected chi connectivity index (χ4v) is 3.13. The van der Waals surface area contributed by atoms with E-state index in [0.717, 1.165) is 6.07 Å². The second-order valence-electron chi connectivity index (χ2n) is 4.35. The van der Waals surface area contributed by atoms with E-state index >= 15 is 0 Å². The number of halogens is 1. The van der Waals surface area contributed by atoms with Crippen LogP contribution in [0.3, 0.4) is 0 Å². The lowest BCUT2D eigenvalue weighted by molar-refractivity contribution is -0.122. The van der Waals surface area contributed by atoms with Crippen LogP contribution in [0.1, 0.15) is 19.4 Å². The molecule has 0 saturated heterocycles. The maximum atomic E-state index is 12.1. The normalized spacial score (nSPS) is 11.9. The van der Waals surface area contributed by atoms with E-state index in [-0.39, 0.29) is 15.5 Å². The van der Waals surface area contributed by atoms with Gasteiger partial charge >= 0.3 is 0 Å². The van der Waals surface area contributed by atoms with Gasteiger partial charge in [0.1, 0.15) is 10.4 Å². The summed E-state index contributed by atoms with van der Waals surface area (Å²) in [4.78, 5) is 10.9. The third kappa shape index (κ3) is 3.44. The van der Waals surface area contributed by atoms with E-state index in [0.29, 0.717) is 0 Å². The average molecular weight is 302 g/mol. The molecule has 1 aromatic carbocycles. The number of sulfonamides is 1. The van der Waals surface area contributed by atoms with Gasteiger partial charge in [-0.05, 0) is 32.0 Å². The van der Waals surface area contributed by atoms with Crippen LogP contribution in [0, 0.1) is 11.3 Å². The molecule has 0 saturated carbocycles. The Morgan fingerprint density at radius 3 is 2.53 bits per heavy atom. The number of hydrogen-bond acceptors (Lipinski definition) is 4. The van der Waals surface area contributed by atoms with Crippen LogP contribution in [0.5, 0.6) is 0 Å². The SMILES string of the molecule is CC(C)(NS(=O)(=O)c1cc(C#N)ccc1Cl)C(N)=O. The van der Waals surface area contributed by atoms with Crippen molar-refractivity contribution in [2.45, 2.75) is 24.3 Å². The van der Waals surface area contributed by atoms with Crippen LogP contribution in [-0.4, -0.2) is 19.9 Å². The van der Waals surface area contributed by atoms with Gasteiger partial charge in [0.25, 0.3) is 0 Å². The van der Waals surface area contributed by atoms with Crippen LogP contribution in [0.4, 0.5) is 0 Å². The summed E-state index contributed by atoms with van der Waals surface area (Å²) < 4.78 is 26.4. The first-order valence-corrected chi connectivity index (χ1v) is 7.00. The molecule has 0 radical (unpaired) electrons. The van der Waals surface area contributed by atoms with Crippen molar-refractivity contribution in [1.29, 1.82) is 5.26 Å². The first-order valence-electron chi connectivity index (χ1n) is 5.14. The van der Waals surface area contributed by atoms with Gasteiger partial charge in [0, 0.05) is 0 Å². The Labute approximate surface area is 116 Å². The highest BCUT2D eigenvalue weighted by Crippen LogP contribution is 2.23. The molecule has 102 valence electrons. The number of nitriles is 1. The summed E-state index contributed by atoms with van der Waals surface area (Å²) in [5.41, 5.74) is 3.77. The second-order valence-corrected chi connectivity index (χ2v) is 6.41. The van der Waals surface area contributed by atoms with Crippen LogP contribution in [0.15, 0.2) is 23.1 Å². The summed E-state index contributed by atoms with van der Waals surface area (Å²) in [6.07, 6.45) is 0. The minimum atomic E-state index is -4.06. The van der Waals surface area contributed by atoms with Crippen molar-refractivity contribution in [1.82, 2.24) is 4.72 Å². The summed E-state index contributed by atoms with van der Waals surface area (Å²) in [5.74, 6) is -0.830. The molecule has 0 atom stereocenters. The van der Waals surface area contributed by atoms with Crippen LogP contribution >= 0.6 is 11.6 Å². The number of nitrogens with two attached hydrogens (primary N) is 1. The van der Waals surface area contributed by atoms with Gasteiger partial charge in [-0.3, -0.25) is 4.79 Å². The van der Waals surface area contributed by atoms with E-state index in [4.69, 9.17) is 22.6 Å². The minimum Gasteiger partial charge on any atom is -0.368 e. The zero-order valence-electron chi connectivity index (χ0n) is 10.3. The molecule has 0 aliphatic heterocycles. The predicted molar refractivity (Wildman–Crippen MR) is 69.8 cm³/mol. The number of amides is 1. The van der Waals surface area contributed by atoms with Crippen molar-refractivity contribution in [3.05, 3.63) is 28.8 Å². The highest BCUT2D eigenvalue weighted by molar-refractivity contribution is 7.89. The number of benzene rings is 1. The molecule has 0 aliphatic carbocycles. The summed E-state index contributed by atoms with van der Waals surface area (Å²) >= 11 is 5.80. The third-order valence-electron chi connectivity index (χ3n) is 2.36. The quantitative estimate of drug-likeness (QED) is 0.854. The Bertz CT molecular complexity index is 662. The standard InChI is InChI=1S/C11H12ClN3O3S/c1-11(2,10(14)16)15-19(17,18)9-5-7(6-13)3-4-8(9)12/h3-5,15H,1-2H3,(H2,14,16). The molecule has 0 unspecified atom stereocenters. The highest BCUT2D eigenvalue weighted by atomic mass is 35.5. The smallest absolute Gasteiger partial charge is 0.243 e. The molecule has 19 heavy (non-hydrogen) atoms. The Hall–Kier alpha value is -1.62. The van der Waals surface area contributed by atoms with E-state index in [9.17, 15) is 13.2 Å². The first-order chi connectivity index (χ1) is 8.60. The minimum absolute atomic E-state index is 0.0493. The largest absolute Gasteiger partial charge is 0.368 e. The van der Waals surface area contributed by atoms with Crippen molar-refractivity contribution < 1.29 is 13.2 Å². The number of nitrogens with zero attached hydrogens (tertiary/aromatic N) is 1. The van der Waals surface area contributed by atoms with Gasteiger partial charge in [-0.2, -0.15) is 9.98 Å². The number of nitrogens with one attached hydrogen (secondary N) is 1. The Morgan fingerprint density at radius 2 is 2.05 bits per heavy atom. The zero-order valence-corrected chi connectivity index (χ0v) is 11.8. The molecule has 8 heteroatoms. The van der Waals surface area contributed by atoms with Gasteiger partial charge in [0.15, 0.2) is 0 Å². The fourth-order valence-electron chi connectivity index (χ4n) is 1.22. The number of carbonyl (C=O) groups excluding carboxylic acids is 1. The van der Waals surface area contributed by atoms with Crippen molar-refractivity contribution in [3.8, 4) is 6.07 Å². The topological polar surface area (TPSA) is 113 Å². The molecule has 1 amide bonds. The number of carbonyl (C=O) groups is 1. The van der Waals surface area contributed by atoms with E-state index in [1.165, 1.54) is 26.0 Å². The Kier molecular flexibility index (Phi) is 4.20. The molecule has 0 spiro atoms. The lowest BCUT2D eigenvalue weighted by atomic mass is 10.1. The molecule has 3 N–H and O–H groups in total. The van der Waals surface area contributed by atoms with Gasteiger partial charge in [-0.1, -0.05) is 11.6 Å². The molecule has 0 fully saturated rings. The van der Waals surface area contributed by atoms with E-state index in [1.807, 2.05) is 6.07 Å². The predicted octanol–water partition coefficient (Wildman–Crippen LogP) is 0.754. The molecule has 0 bridgehead atoms. The maximum absolute atomic E-state index is 12.1. The highest BCUT2D eigenvalue weighted by Gasteiger charge is 2.32. The second kappa shape index (κ2) is 5.17. The molecule has 0 aromatic heterocycles. The molecular weight excluding hydrogens is 290 g/mol. The summed E-state index contributed by atoms with van der Waals surface area (Å²) in [7, 11) is -4.06. The van der Waals surface area contributed by atoms with Crippen LogP contribution in [0.25, 0.3) is 0 Å². The van der Waals surface area contributed by atoms with Gasteiger partial charge < -0.3 is 5.73 Å². The maximum Gasteiger partial charge on any atom is 0.243 e. The van der Waals surface area contributed by atoms with Gasteiger partial charge in [-0.15, -0.1) is 0 Å². The lowest BCUT2D eigenvalue weighted by Crippen LogP contribution is -2.52. The fraction of sp³-hybridized carbons (Fsp3) is 0.273. The van der Waals surface area contributed by atoms with Crippen molar-refractivity contribution in [2.24, 2.45) is 5.73 Å². The third-order valence-corrected chi connectivity index (χ3v) is 4.49. The van der Waals surface area contributed by atoms with Crippen LogP contribution in [-0.2, 0) is 14.8 Å². The summed E-state index contributed by atoms with van der Waals surface area (Å²) in [6, 6.07) is 5.62. The van der Waals surface area contributed by atoms with Gasteiger partial charge in [0.05, 0.1) is 16.7 Å².